The minimum absolute atomic E-state index is 0.0535. The van der Waals surface area contributed by atoms with Crippen LogP contribution in [0.4, 0.5) is 11.4 Å². The quantitative estimate of drug-likeness (QED) is 0.676. The molecule has 2 amide bonds. The number of anilines is 2. The number of hydrogen-bond donors (Lipinski definition) is 1. The monoisotopic (exact) mass is 390 g/mol. The molecule has 0 unspecified atom stereocenters. The Balaban J connectivity index is 1.48. The van der Waals surface area contributed by atoms with E-state index in [0.29, 0.717) is 28.4 Å². The Kier molecular flexibility index (Phi) is 4.88. The van der Waals surface area contributed by atoms with E-state index in [1.54, 1.807) is 35.2 Å². The van der Waals surface area contributed by atoms with Gasteiger partial charge in [-0.1, -0.05) is 35.9 Å². The van der Waals surface area contributed by atoms with Crippen molar-refractivity contribution in [2.24, 2.45) is 0 Å². The van der Waals surface area contributed by atoms with Crippen molar-refractivity contribution in [3.63, 3.8) is 0 Å². The number of para-hydroxylation sites is 1. The number of hydrogen-bond acceptors (Lipinski definition) is 2. The summed E-state index contributed by atoms with van der Waals surface area (Å²) in [6.07, 6.45) is 0.863. The van der Waals surface area contributed by atoms with Gasteiger partial charge in [0, 0.05) is 34.1 Å². The van der Waals surface area contributed by atoms with E-state index in [-0.39, 0.29) is 11.8 Å². The molecule has 0 saturated carbocycles. The van der Waals surface area contributed by atoms with Crippen molar-refractivity contribution in [2.45, 2.75) is 13.3 Å². The zero-order chi connectivity index (χ0) is 19.7. The van der Waals surface area contributed by atoms with E-state index < -0.39 is 0 Å². The van der Waals surface area contributed by atoms with Gasteiger partial charge in [0.15, 0.2) is 0 Å². The molecular formula is C23H19ClN2O2. The molecule has 0 fully saturated rings. The standard InChI is InChI=1S/C23H19ClN2O2/c1-15-6-11-19(14-20(15)24)25-22(27)17-7-9-18(10-8-17)23(28)26-13-12-16-4-2-3-5-21(16)26/h2-11,14H,12-13H2,1H3,(H,25,27). The zero-order valence-electron chi connectivity index (χ0n) is 15.4. The van der Waals surface area contributed by atoms with Gasteiger partial charge < -0.3 is 10.2 Å². The molecule has 0 aliphatic carbocycles. The molecule has 28 heavy (non-hydrogen) atoms. The van der Waals surface area contributed by atoms with Gasteiger partial charge in [0.1, 0.15) is 0 Å². The predicted molar refractivity (Wildman–Crippen MR) is 112 cm³/mol. The Labute approximate surface area is 168 Å². The Morgan fingerprint density at radius 1 is 0.964 bits per heavy atom. The van der Waals surface area contributed by atoms with Crippen molar-refractivity contribution in [3.8, 4) is 0 Å². The Morgan fingerprint density at radius 2 is 1.68 bits per heavy atom. The van der Waals surface area contributed by atoms with Gasteiger partial charge in [0.25, 0.3) is 11.8 Å². The summed E-state index contributed by atoms with van der Waals surface area (Å²) < 4.78 is 0. The second-order valence-corrected chi connectivity index (χ2v) is 7.24. The van der Waals surface area contributed by atoms with Crippen LogP contribution in [-0.4, -0.2) is 18.4 Å². The Morgan fingerprint density at radius 3 is 2.43 bits per heavy atom. The average molecular weight is 391 g/mol. The molecule has 1 N–H and O–H groups in total. The lowest BCUT2D eigenvalue weighted by atomic mass is 10.1. The van der Waals surface area contributed by atoms with E-state index in [1.165, 1.54) is 5.56 Å². The first-order chi connectivity index (χ1) is 13.5. The number of halogens is 1. The largest absolute Gasteiger partial charge is 0.322 e. The number of nitrogens with zero attached hydrogens (tertiary/aromatic N) is 1. The zero-order valence-corrected chi connectivity index (χ0v) is 16.2. The average Bonchev–Trinajstić information content (AvgIpc) is 3.14. The molecule has 3 aromatic carbocycles. The molecule has 140 valence electrons. The lowest BCUT2D eigenvalue weighted by Crippen LogP contribution is -2.28. The molecular weight excluding hydrogens is 372 g/mol. The van der Waals surface area contributed by atoms with Gasteiger partial charge in [0.05, 0.1) is 0 Å². The van der Waals surface area contributed by atoms with Crippen molar-refractivity contribution < 1.29 is 9.59 Å². The molecule has 0 atom stereocenters. The first-order valence-corrected chi connectivity index (χ1v) is 9.48. The minimum Gasteiger partial charge on any atom is -0.322 e. The minimum atomic E-state index is -0.245. The molecule has 1 aliphatic heterocycles. The summed E-state index contributed by atoms with van der Waals surface area (Å²) >= 11 is 6.10. The van der Waals surface area contributed by atoms with Crippen LogP contribution in [0.5, 0.6) is 0 Å². The molecule has 0 bridgehead atoms. The van der Waals surface area contributed by atoms with Crippen LogP contribution in [0.25, 0.3) is 0 Å². The summed E-state index contributed by atoms with van der Waals surface area (Å²) in [6.45, 7) is 2.58. The maximum absolute atomic E-state index is 12.9. The van der Waals surface area contributed by atoms with Crippen LogP contribution in [0.3, 0.4) is 0 Å². The highest BCUT2D eigenvalue weighted by Gasteiger charge is 2.25. The molecule has 1 heterocycles. The summed E-state index contributed by atoms with van der Waals surface area (Å²) in [4.78, 5) is 27.1. The molecule has 3 aromatic rings. The summed E-state index contributed by atoms with van der Waals surface area (Å²) in [7, 11) is 0. The second kappa shape index (κ2) is 7.49. The van der Waals surface area contributed by atoms with E-state index >= 15 is 0 Å². The topological polar surface area (TPSA) is 49.4 Å². The van der Waals surface area contributed by atoms with Gasteiger partial charge >= 0.3 is 0 Å². The van der Waals surface area contributed by atoms with E-state index in [4.69, 9.17) is 11.6 Å². The second-order valence-electron chi connectivity index (χ2n) is 6.83. The number of amides is 2. The van der Waals surface area contributed by atoms with Crippen molar-refractivity contribution in [3.05, 3.63) is 94.0 Å². The van der Waals surface area contributed by atoms with Crippen molar-refractivity contribution >= 4 is 34.8 Å². The van der Waals surface area contributed by atoms with Crippen LogP contribution in [0.1, 0.15) is 31.8 Å². The maximum Gasteiger partial charge on any atom is 0.258 e. The van der Waals surface area contributed by atoms with Crippen LogP contribution in [0.2, 0.25) is 5.02 Å². The normalized spacial score (nSPS) is 12.6. The number of benzene rings is 3. The van der Waals surface area contributed by atoms with E-state index in [1.807, 2.05) is 43.3 Å². The third-order valence-electron chi connectivity index (χ3n) is 4.96. The van der Waals surface area contributed by atoms with Crippen LogP contribution < -0.4 is 10.2 Å². The molecule has 0 spiro atoms. The Bertz CT molecular complexity index is 1060. The number of fused-ring (bicyclic) bond motifs is 1. The molecule has 0 saturated heterocycles. The number of nitrogens with one attached hydrogen (secondary N) is 1. The SMILES string of the molecule is Cc1ccc(NC(=O)c2ccc(C(=O)N3CCc4ccccc43)cc2)cc1Cl. The summed E-state index contributed by atoms with van der Waals surface area (Å²) in [6, 6.07) is 20.0. The molecule has 4 rings (SSSR count). The highest BCUT2D eigenvalue weighted by atomic mass is 35.5. The fourth-order valence-electron chi connectivity index (χ4n) is 3.34. The van der Waals surface area contributed by atoms with Gasteiger partial charge in [-0.15, -0.1) is 0 Å². The third kappa shape index (κ3) is 3.51. The lowest BCUT2D eigenvalue weighted by Gasteiger charge is -2.17. The fourth-order valence-corrected chi connectivity index (χ4v) is 3.52. The van der Waals surface area contributed by atoms with Gasteiger partial charge in [-0.05, 0) is 66.9 Å². The molecule has 0 aromatic heterocycles. The van der Waals surface area contributed by atoms with Crippen LogP contribution in [0.15, 0.2) is 66.7 Å². The van der Waals surface area contributed by atoms with Crippen LogP contribution in [0, 0.1) is 6.92 Å². The fraction of sp³-hybridized carbons (Fsp3) is 0.130. The number of carbonyl (C=O) groups is 2. The number of aryl methyl sites for hydroxylation is 1. The number of carbonyl (C=O) groups excluding carboxylic acids is 2. The van der Waals surface area contributed by atoms with Crippen LogP contribution in [-0.2, 0) is 6.42 Å². The van der Waals surface area contributed by atoms with E-state index in [2.05, 4.69) is 5.32 Å². The maximum atomic E-state index is 12.9. The molecule has 0 radical (unpaired) electrons. The van der Waals surface area contributed by atoms with Gasteiger partial charge in [0.2, 0.25) is 0 Å². The van der Waals surface area contributed by atoms with Gasteiger partial charge in [-0.25, -0.2) is 0 Å². The van der Waals surface area contributed by atoms with Crippen molar-refractivity contribution in [1.82, 2.24) is 0 Å². The van der Waals surface area contributed by atoms with Crippen molar-refractivity contribution in [1.29, 1.82) is 0 Å². The van der Waals surface area contributed by atoms with Crippen molar-refractivity contribution in [2.75, 3.05) is 16.8 Å². The highest BCUT2D eigenvalue weighted by Crippen LogP contribution is 2.29. The smallest absolute Gasteiger partial charge is 0.258 e. The Hall–Kier alpha value is -3.11. The molecule has 4 nitrogen and oxygen atoms in total. The van der Waals surface area contributed by atoms with Gasteiger partial charge in [-0.2, -0.15) is 0 Å². The number of rotatable bonds is 3. The first kappa shape index (κ1) is 18.3. The summed E-state index contributed by atoms with van der Waals surface area (Å²) in [5.41, 5.74) is 4.77. The first-order valence-electron chi connectivity index (χ1n) is 9.10. The molecule has 1 aliphatic rings. The molecule has 5 heteroatoms. The predicted octanol–water partition coefficient (Wildman–Crippen LogP) is 5.10. The van der Waals surface area contributed by atoms with Gasteiger partial charge in [-0.3, -0.25) is 9.59 Å². The summed E-state index contributed by atoms with van der Waals surface area (Å²) in [5, 5.41) is 3.43. The third-order valence-corrected chi connectivity index (χ3v) is 5.36. The van der Waals surface area contributed by atoms with E-state index in [9.17, 15) is 9.59 Å². The highest BCUT2D eigenvalue weighted by molar-refractivity contribution is 6.31. The summed E-state index contributed by atoms with van der Waals surface area (Å²) in [5.74, 6) is -0.298. The van der Waals surface area contributed by atoms with Crippen LogP contribution >= 0.6 is 11.6 Å². The lowest BCUT2D eigenvalue weighted by molar-refractivity contribution is 0.0986. The van der Waals surface area contributed by atoms with E-state index in [0.717, 1.165) is 17.7 Å².